The third-order valence-electron chi connectivity index (χ3n) is 3.35. The van der Waals surface area contributed by atoms with Crippen molar-refractivity contribution in [3.63, 3.8) is 0 Å². The van der Waals surface area contributed by atoms with E-state index in [0.717, 1.165) is 37.6 Å². The highest BCUT2D eigenvalue weighted by Crippen LogP contribution is 2.36. The van der Waals surface area contributed by atoms with Gasteiger partial charge in [0.2, 0.25) is 5.91 Å². The standard InChI is InChI=1S/C11H15N5O/c1-7-8-9(15-11(7)17)13-6-14-10(8)16-4-2-12-3-5-16/h6-7,12H,2-5H2,1H3,(H,13,14,15,17). The monoisotopic (exact) mass is 233 g/mol. The van der Waals surface area contributed by atoms with E-state index in [9.17, 15) is 4.79 Å². The summed E-state index contributed by atoms with van der Waals surface area (Å²) >= 11 is 0. The zero-order valence-electron chi connectivity index (χ0n) is 9.73. The highest BCUT2D eigenvalue weighted by molar-refractivity contribution is 6.03. The number of carbonyl (C=O) groups excluding carboxylic acids is 1. The zero-order chi connectivity index (χ0) is 11.8. The minimum Gasteiger partial charge on any atom is -0.354 e. The van der Waals surface area contributed by atoms with Gasteiger partial charge in [-0.1, -0.05) is 0 Å². The molecule has 1 atom stereocenters. The fourth-order valence-corrected chi connectivity index (χ4v) is 2.37. The topological polar surface area (TPSA) is 70.2 Å². The highest BCUT2D eigenvalue weighted by atomic mass is 16.2. The van der Waals surface area contributed by atoms with Crippen LogP contribution in [0, 0.1) is 0 Å². The molecule has 17 heavy (non-hydrogen) atoms. The molecule has 3 rings (SSSR count). The predicted molar refractivity (Wildman–Crippen MR) is 64.2 cm³/mol. The predicted octanol–water partition coefficient (Wildman–Crippen LogP) is -0.0582. The van der Waals surface area contributed by atoms with Crippen LogP contribution in [-0.2, 0) is 4.79 Å². The summed E-state index contributed by atoms with van der Waals surface area (Å²) in [5, 5.41) is 6.10. The van der Waals surface area contributed by atoms with Gasteiger partial charge in [-0.25, -0.2) is 9.97 Å². The molecule has 6 nitrogen and oxygen atoms in total. The summed E-state index contributed by atoms with van der Waals surface area (Å²) in [5.74, 6) is 1.43. The average molecular weight is 233 g/mol. The van der Waals surface area contributed by atoms with Gasteiger partial charge in [0, 0.05) is 31.7 Å². The third kappa shape index (κ3) is 1.64. The summed E-state index contributed by atoms with van der Waals surface area (Å²) in [7, 11) is 0. The maximum Gasteiger partial charge on any atom is 0.233 e. The number of fused-ring (bicyclic) bond motifs is 1. The molecule has 2 aliphatic heterocycles. The molecule has 1 unspecified atom stereocenters. The van der Waals surface area contributed by atoms with E-state index in [1.807, 2.05) is 6.92 Å². The van der Waals surface area contributed by atoms with E-state index < -0.39 is 0 Å². The number of piperazine rings is 1. The number of aromatic nitrogens is 2. The molecule has 1 aromatic heterocycles. The Morgan fingerprint density at radius 3 is 2.88 bits per heavy atom. The molecule has 0 aliphatic carbocycles. The molecule has 1 aromatic rings. The first kappa shape index (κ1) is 10.5. The quantitative estimate of drug-likeness (QED) is 0.711. The molecule has 0 aromatic carbocycles. The Morgan fingerprint density at radius 2 is 2.12 bits per heavy atom. The lowest BCUT2D eigenvalue weighted by atomic mass is 10.0. The van der Waals surface area contributed by atoms with Crippen LogP contribution in [0.2, 0.25) is 0 Å². The average Bonchev–Trinajstić information content (AvgIpc) is 2.66. The largest absolute Gasteiger partial charge is 0.354 e. The first-order chi connectivity index (χ1) is 8.27. The van der Waals surface area contributed by atoms with Gasteiger partial charge in [-0.3, -0.25) is 4.79 Å². The lowest BCUT2D eigenvalue weighted by Gasteiger charge is -2.29. The van der Waals surface area contributed by atoms with E-state index in [0.29, 0.717) is 5.82 Å². The molecule has 3 heterocycles. The van der Waals surface area contributed by atoms with Gasteiger partial charge in [-0.2, -0.15) is 0 Å². The zero-order valence-corrected chi connectivity index (χ0v) is 9.73. The van der Waals surface area contributed by atoms with E-state index in [1.165, 1.54) is 6.33 Å². The Morgan fingerprint density at radius 1 is 1.35 bits per heavy atom. The van der Waals surface area contributed by atoms with Crippen LogP contribution in [0.4, 0.5) is 11.6 Å². The van der Waals surface area contributed by atoms with Gasteiger partial charge in [-0.05, 0) is 6.92 Å². The number of amides is 1. The van der Waals surface area contributed by atoms with Crippen molar-refractivity contribution in [1.29, 1.82) is 0 Å². The van der Waals surface area contributed by atoms with E-state index in [4.69, 9.17) is 0 Å². The van der Waals surface area contributed by atoms with Crippen molar-refractivity contribution in [3.05, 3.63) is 11.9 Å². The van der Waals surface area contributed by atoms with Gasteiger partial charge in [0.1, 0.15) is 18.0 Å². The number of hydrogen-bond donors (Lipinski definition) is 2. The minimum absolute atomic E-state index is 0.0110. The van der Waals surface area contributed by atoms with Crippen molar-refractivity contribution in [2.24, 2.45) is 0 Å². The number of anilines is 2. The van der Waals surface area contributed by atoms with Crippen molar-refractivity contribution in [1.82, 2.24) is 15.3 Å². The Bertz CT molecular complexity index is 455. The molecule has 0 saturated carbocycles. The van der Waals surface area contributed by atoms with Crippen molar-refractivity contribution < 1.29 is 4.79 Å². The Kier molecular flexibility index (Phi) is 2.44. The smallest absolute Gasteiger partial charge is 0.233 e. The number of nitrogens with one attached hydrogen (secondary N) is 2. The molecule has 1 saturated heterocycles. The second-order valence-electron chi connectivity index (χ2n) is 4.41. The van der Waals surface area contributed by atoms with Gasteiger partial charge >= 0.3 is 0 Å². The number of nitrogens with zero attached hydrogens (tertiary/aromatic N) is 3. The minimum atomic E-state index is -0.156. The van der Waals surface area contributed by atoms with Crippen LogP contribution in [0.25, 0.3) is 0 Å². The molecular weight excluding hydrogens is 218 g/mol. The Balaban J connectivity index is 2.01. The fourth-order valence-electron chi connectivity index (χ4n) is 2.37. The van der Waals surface area contributed by atoms with Crippen molar-refractivity contribution in [2.75, 3.05) is 36.4 Å². The highest BCUT2D eigenvalue weighted by Gasteiger charge is 2.33. The Hall–Kier alpha value is -1.69. The normalized spacial score (nSPS) is 23.5. The van der Waals surface area contributed by atoms with E-state index >= 15 is 0 Å². The maximum atomic E-state index is 11.7. The summed E-state index contributed by atoms with van der Waals surface area (Å²) < 4.78 is 0. The van der Waals surface area contributed by atoms with E-state index in [-0.39, 0.29) is 11.8 Å². The summed E-state index contributed by atoms with van der Waals surface area (Å²) in [5.41, 5.74) is 0.944. The summed E-state index contributed by atoms with van der Waals surface area (Å²) in [4.78, 5) is 22.4. The maximum absolute atomic E-state index is 11.7. The SMILES string of the molecule is CC1C(=O)Nc2ncnc(N3CCNCC3)c21. The lowest BCUT2D eigenvalue weighted by Crippen LogP contribution is -2.44. The molecule has 0 radical (unpaired) electrons. The number of hydrogen-bond acceptors (Lipinski definition) is 5. The van der Waals surface area contributed by atoms with Crippen LogP contribution in [0.3, 0.4) is 0 Å². The van der Waals surface area contributed by atoms with E-state index in [2.05, 4.69) is 25.5 Å². The van der Waals surface area contributed by atoms with Gasteiger partial charge < -0.3 is 15.5 Å². The molecule has 6 heteroatoms. The van der Waals surface area contributed by atoms with Crippen LogP contribution in [-0.4, -0.2) is 42.1 Å². The summed E-state index contributed by atoms with van der Waals surface area (Å²) in [6, 6.07) is 0. The van der Waals surface area contributed by atoms with Gasteiger partial charge in [0.25, 0.3) is 0 Å². The van der Waals surface area contributed by atoms with Gasteiger partial charge in [-0.15, -0.1) is 0 Å². The van der Waals surface area contributed by atoms with E-state index in [1.54, 1.807) is 0 Å². The van der Waals surface area contributed by atoms with Crippen molar-refractivity contribution in [3.8, 4) is 0 Å². The lowest BCUT2D eigenvalue weighted by molar-refractivity contribution is -0.116. The summed E-state index contributed by atoms with van der Waals surface area (Å²) in [6.45, 7) is 5.65. The van der Waals surface area contributed by atoms with Crippen LogP contribution >= 0.6 is 0 Å². The van der Waals surface area contributed by atoms with Crippen LogP contribution in [0.15, 0.2) is 6.33 Å². The fraction of sp³-hybridized carbons (Fsp3) is 0.545. The molecule has 1 fully saturated rings. The van der Waals surface area contributed by atoms with Gasteiger partial charge in [0.05, 0.1) is 5.92 Å². The molecule has 2 aliphatic rings. The van der Waals surface area contributed by atoms with Crippen LogP contribution in [0.5, 0.6) is 0 Å². The molecule has 0 spiro atoms. The summed E-state index contributed by atoms with van der Waals surface area (Å²) in [6.07, 6.45) is 1.52. The second kappa shape index (κ2) is 3.96. The van der Waals surface area contributed by atoms with Crippen LogP contribution < -0.4 is 15.5 Å². The first-order valence-electron chi connectivity index (χ1n) is 5.89. The number of carbonyl (C=O) groups is 1. The molecule has 1 amide bonds. The molecule has 0 bridgehead atoms. The third-order valence-corrected chi connectivity index (χ3v) is 3.35. The molecule has 90 valence electrons. The number of rotatable bonds is 1. The van der Waals surface area contributed by atoms with Crippen LogP contribution in [0.1, 0.15) is 18.4 Å². The van der Waals surface area contributed by atoms with Crippen molar-refractivity contribution >= 4 is 17.5 Å². The molecular formula is C11H15N5O. The second-order valence-corrected chi connectivity index (χ2v) is 4.41. The van der Waals surface area contributed by atoms with Gasteiger partial charge in [0.15, 0.2) is 0 Å². The van der Waals surface area contributed by atoms with Crippen molar-refractivity contribution in [2.45, 2.75) is 12.8 Å². The first-order valence-corrected chi connectivity index (χ1v) is 5.89. The molecule has 2 N–H and O–H groups in total. The Labute approximate surface area is 99.4 Å².